The monoisotopic (exact) mass is 261 g/mol. The third kappa shape index (κ3) is 4.80. The Morgan fingerprint density at radius 3 is 2.67 bits per heavy atom. The summed E-state index contributed by atoms with van der Waals surface area (Å²) in [5.74, 6) is 0. The number of rotatable bonds is 4. The van der Waals surface area contributed by atoms with Gasteiger partial charge in [-0.2, -0.15) is 0 Å². The standard InChI is InChI=1S/C12H23NO5/c1-12(2,3)18-11(15)13-6-10(14)5-9(13)7-17-8-16-4/h9-10,14H,5-8H2,1-4H3/t9-,10+/m0/s1. The first-order chi connectivity index (χ1) is 8.33. The molecule has 0 unspecified atom stereocenters. The summed E-state index contributed by atoms with van der Waals surface area (Å²) in [5, 5.41) is 9.64. The number of carbonyl (C=O) groups is 1. The highest BCUT2D eigenvalue weighted by Crippen LogP contribution is 2.21. The zero-order valence-electron chi connectivity index (χ0n) is 11.5. The molecule has 0 radical (unpaired) electrons. The van der Waals surface area contributed by atoms with Crippen molar-refractivity contribution in [2.45, 2.75) is 44.9 Å². The van der Waals surface area contributed by atoms with Crippen molar-refractivity contribution in [1.82, 2.24) is 4.90 Å². The lowest BCUT2D eigenvalue weighted by Crippen LogP contribution is -2.42. The van der Waals surface area contributed by atoms with E-state index in [1.165, 1.54) is 12.0 Å². The molecule has 0 aromatic rings. The molecular weight excluding hydrogens is 238 g/mol. The van der Waals surface area contributed by atoms with Crippen LogP contribution in [-0.4, -0.2) is 60.9 Å². The summed E-state index contributed by atoms with van der Waals surface area (Å²) in [6.07, 6.45) is -0.429. The highest BCUT2D eigenvalue weighted by Gasteiger charge is 2.36. The van der Waals surface area contributed by atoms with Crippen LogP contribution in [0.15, 0.2) is 0 Å². The Hall–Kier alpha value is -0.850. The first-order valence-electron chi connectivity index (χ1n) is 6.08. The van der Waals surface area contributed by atoms with E-state index in [4.69, 9.17) is 14.2 Å². The van der Waals surface area contributed by atoms with Crippen LogP contribution in [0.5, 0.6) is 0 Å². The molecule has 1 rings (SSSR count). The van der Waals surface area contributed by atoms with Gasteiger partial charge in [-0.3, -0.25) is 0 Å². The second kappa shape index (κ2) is 6.36. The van der Waals surface area contributed by atoms with Crippen LogP contribution in [0.2, 0.25) is 0 Å². The average Bonchev–Trinajstić information content (AvgIpc) is 2.58. The van der Waals surface area contributed by atoms with Crippen molar-refractivity contribution < 1.29 is 24.1 Å². The van der Waals surface area contributed by atoms with E-state index in [1.54, 1.807) is 0 Å². The molecule has 2 atom stereocenters. The van der Waals surface area contributed by atoms with Gasteiger partial charge < -0.3 is 24.2 Å². The Labute approximate surface area is 108 Å². The largest absolute Gasteiger partial charge is 0.444 e. The fourth-order valence-electron chi connectivity index (χ4n) is 1.86. The highest BCUT2D eigenvalue weighted by atomic mass is 16.7. The summed E-state index contributed by atoms with van der Waals surface area (Å²) in [7, 11) is 1.54. The van der Waals surface area contributed by atoms with E-state index in [0.29, 0.717) is 13.0 Å². The lowest BCUT2D eigenvalue weighted by atomic mass is 10.2. The molecule has 6 heteroatoms. The molecule has 1 heterocycles. The number of carbonyl (C=O) groups excluding carboxylic acids is 1. The number of aliphatic hydroxyl groups is 1. The predicted molar refractivity (Wildman–Crippen MR) is 65.2 cm³/mol. The minimum absolute atomic E-state index is 0.162. The molecule has 0 aromatic carbocycles. The van der Waals surface area contributed by atoms with Gasteiger partial charge in [0.05, 0.1) is 25.3 Å². The van der Waals surface area contributed by atoms with Crippen molar-refractivity contribution in [3.05, 3.63) is 0 Å². The van der Waals surface area contributed by atoms with Crippen molar-refractivity contribution in [2.75, 3.05) is 27.1 Å². The summed E-state index contributed by atoms with van der Waals surface area (Å²) in [6.45, 7) is 6.24. The van der Waals surface area contributed by atoms with Crippen LogP contribution in [0.3, 0.4) is 0 Å². The molecule has 1 aliphatic rings. The lowest BCUT2D eigenvalue weighted by molar-refractivity contribution is -0.0497. The topological polar surface area (TPSA) is 68.2 Å². The van der Waals surface area contributed by atoms with Crippen LogP contribution >= 0.6 is 0 Å². The zero-order valence-corrected chi connectivity index (χ0v) is 11.5. The van der Waals surface area contributed by atoms with Gasteiger partial charge in [0.2, 0.25) is 0 Å². The molecule has 0 aliphatic carbocycles. The summed E-state index contributed by atoms with van der Waals surface area (Å²) in [5.41, 5.74) is -0.539. The highest BCUT2D eigenvalue weighted by molar-refractivity contribution is 5.69. The molecule has 1 saturated heterocycles. The Morgan fingerprint density at radius 1 is 1.44 bits per heavy atom. The van der Waals surface area contributed by atoms with Crippen LogP contribution in [0.25, 0.3) is 0 Å². The normalized spacial score (nSPS) is 24.4. The average molecular weight is 261 g/mol. The van der Waals surface area contributed by atoms with E-state index in [0.717, 1.165) is 0 Å². The van der Waals surface area contributed by atoms with Crippen LogP contribution < -0.4 is 0 Å². The summed E-state index contributed by atoms with van der Waals surface area (Å²) in [6, 6.07) is -0.162. The van der Waals surface area contributed by atoms with E-state index < -0.39 is 17.8 Å². The minimum atomic E-state index is -0.539. The second-order valence-electron chi connectivity index (χ2n) is 5.45. The van der Waals surface area contributed by atoms with Gasteiger partial charge in [-0.15, -0.1) is 0 Å². The molecule has 0 spiro atoms. The number of hydrogen-bond acceptors (Lipinski definition) is 5. The van der Waals surface area contributed by atoms with Gasteiger partial charge in [0, 0.05) is 7.11 Å². The van der Waals surface area contributed by atoms with E-state index >= 15 is 0 Å². The summed E-state index contributed by atoms with van der Waals surface area (Å²) < 4.78 is 15.3. The number of aliphatic hydroxyl groups excluding tert-OH is 1. The van der Waals surface area contributed by atoms with Crippen molar-refractivity contribution in [3.8, 4) is 0 Å². The SMILES string of the molecule is COCOC[C@@H]1C[C@@H](O)CN1C(=O)OC(C)(C)C. The Kier molecular flexibility index (Phi) is 5.37. The fourth-order valence-corrected chi connectivity index (χ4v) is 1.86. The molecule has 1 amide bonds. The van der Waals surface area contributed by atoms with Gasteiger partial charge in [0.15, 0.2) is 0 Å². The van der Waals surface area contributed by atoms with Crippen LogP contribution in [0.1, 0.15) is 27.2 Å². The first-order valence-corrected chi connectivity index (χ1v) is 6.08. The fraction of sp³-hybridized carbons (Fsp3) is 0.917. The Balaban J connectivity index is 2.52. The number of hydrogen-bond donors (Lipinski definition) is 1. The summed E-state index contributed by atoms with van der Waals surface area (Å²) in [4.78, 5) is 13.5. The number of ether oxygens (including phenoxy) is 3. The quantitative estimate of drug-likeness (QED) is 0.603. The molecular formula is C12H23NO5. The van der Waals surface area contributed by atoms with Gasteiger partial charge in [0.25, 0.3) is 0 Å². The zero-order chi connectivity index (χ0) is 13.8. The first kappa shape index (κ1) is 15.2. The minimum Gasteiger partial charge on any atom is -0.444 e. The molecule has 1 fully saturated rings. The van der Waals surface area contributed by atoms with Crippen molar-refractivity contribution >= 4 is 6.09 Å². The molecule has 1 N–H and O–H groups in total. The van der Waals surface area contributed by atoms with E-state index in [2.05, 4.69) is 0 Å². The van der Waals surface area contributed by atoms with E-state index in [9.17, 15) is 9.90 Å². The van der Waals surface area contributed by atoms with Gasteiger partial charge in [0.1, 0.15) is 12.4 Å². The number of nitrogens with zero attached hydrogens (tertiary/aromatic N) is 1. The lowest BCUT2D eigenvalue weighted by Gasteiger charge is -2.28. The van der Waals surface area contributed by atoms with Crippen molar-refractivity contribution in [3.63, 3.8) is 0 Å². The number of β-amino-alcohol motifs (C(OH)–C–C–N with tert-alkyl or cyclic N) is 1. The smallest absolute Gasteiger partial charge is 0.410 e. The maximum absolute atomic E-state index is 12.0. The van der Waals surface area contributed by atoms with E-state index in [-0.39, 0.29) is 19.4 Å². The third-order valence-corrected chi connectivity index (χ3v) is 2.53. The third-order valence-electron chi connectivity index (χ3n) is 2.53. The maximum Gasteiger partial charge on any atom is 0.410 e. The van der Waals surface area contributed by atoms with Gasteiger partial charge in [-0.25, -0.2) is 4.79 Å². The molecule has 0 saturated carbocycles. The van der Waals surface area contributed by atoms with Crippen LogP contribution in [0, 0.1) is 0 Å². The molecule has 18 heavy (non-hydrogen) atoms. The Morgan fingerprint density at radius 2 is 2.11 bits per heavy atom. The molecule has 0 aromatic heterocycles. The van der Waals surface area contributed by atoms with Crippen LogP contribution in [0.4, 0.5) is 4.79 Å². The van der Waals surface area contributed by atoms with Crippen molar-refractivity contribution in [2.24, 2.45) is 0 Å². The predicted octanol–water partition coefficient (Wildman–Crippen LogP) is 0.977. The molecule has 106 valence electrons. The van der Waals surface area contributed by atoms with Gasteiger partial charge in [-0.1, -0.05) is 0 Å². The Bertz CT molecular complexity index is 276. The van der Waals surface area contributed by atoms with Crippen LogP contribution in [-0.2, 0) is 14.2 Å². The van der Waals surface area contributed by atoms with Crippen molar-refractivity contribution in [1.29, 1.82) is 0 Å². The number of likely N-dealkylation sites (tertiary alicyclic amines) is 1. The maximum atomic E-state index is 12.0. The number of amides is 1. The van der Waals surface area contributed by atoms with Gasteiger partial charge >= 0.3 is 6.09 Å². The summed E-state index contributed by atoms with van der Waals surface area (Å²) >= 11 is 0. The van der Waals surface area contributed by atoms with Gasteiger partial charge in [-0.05, 0) is 27.2 Å². The molecule has 1 aliphatic heterocycles. The number of methoxy groups -OCH3 is 1. The molecule has 6 nitrogen and oxygen atoms in total. The van der Waals surface area contributed by atoms with E-state index in [1.807, 2.05) is 20.8 Å². The molecule has 0 bridgehead atoms. The second-order valence-corrected chi connectivity index (χ2v) is 5.45.